The van der Waals surface area contributed by atoms with Crippen molar-refractivity contribution < 1.29 is 9.59 Å². The number of imide groups is 1. The van der Waals surface area contributed by atoms with Crippen LogP contribution in [-0.2, 0) is 4.79 Å². The molecule has 96 valence electrons. The van der Waals surface area contributed by atoms with E-state index in [0.717, 1.165) is 32.5 Å². The van der Waals surface area contributed by atoms with Crippen LogP contribution in [0, 0.1) is 0 Å². The minimum absolute atomic E-state index is 0.225. The number of piperazine rings is 1. The summed E-state index contributed by atoms with van der Waals surface area (Å²) in [6.07, 6.45) is 2.05. The van der Waals surface area contributed by atoms with Gasteiger partial charge in [-0.05, 0) is 19.8 Å². The molecule has 2 aliphatic rings. The Morgan fingerprint density at radius 1 is 1.41 bits per heavy atom. The van der Waals surface area contributed by atoms with Gasteiger partial charge in [-0.3, -0.25) is 15.0 Å². The Morgan fingerprint density at radius 2 is 2.18 bits per heavy atom. The van der Waals surface area contributed by atoms with Crippen LogP contribution in [0.25, 0.3) is 0 Å². The smallest absolute Gasteiger partial charge is 0.321 e. The topological polar surface area (TPSA) is 73.5 Å². The number of rotatable bonds is 3. The van der Waals surface area contributed by atoms with Crippen LogP contribution in [0.4, 0.5) is 4.79 Å². The van der Waals surface area contributed by atoms with E-state index in [9.17, 15) is 9.59 Å². The van der Waals surface area contributed by atoms with Crippen molar-refractivity contribution in [1.29, 1.82) is 0 Å². The third-order valence-corrected chi connectivity index (χ3v) is 3.15. The summed E-state index contributed by atoms with van der Waals surface area (Å²) in [5, 5.41) is 8.36. The van der Waals surface area contributed by atoms with Gasteiger partial charge in [0.15, 0.2) is 0 Å². The summed E-state index contributed by atoms with van der Waals surface area (Å²) < 4.78 is 0. The molecule has 3 amide bonds. The zero-order valence-electron chi connectivity index (χ0n) is 10.2. The van der Waals surface area contributed by atoms with Crippen LogP contribution < -0.4 is 16.0 Å². The predicted molar refractivity (Wildman–Crippen MR) is 63.6 cm³/mol. The number of urea groups is 1. The number of carbonyl (C=O) groups excluding carboxylic acids is 2. The first kappa shape index (κ1) is 12.3. The number of hydrogen-bond acceptors (Lipinski definition) is 4. The van der Waals surface area contributed by atoms with Crippen LogP contribution in [-0.4, -0.2) is 55.1 Å². The molecule has 17 heavy (non-hydrogen) atoms. The molecule has 1 saturated heterocycles. The summed E-state index contributed by atoms with van der Waals surface area (Å²) in [5.74, 6) is -0.225. The van der Waals surface area contributed by atoms with Gasteiger partial charge in [0.05, 0.1) is 6.54 Å². The summed E-state index contributed by atoms with van der Waals surface area (Å²) in [5.41, 5.74) is 0. The van der Waals surface area contributed by atoms with Crippen LogP contribution in [0.1, 0.15) is 19.8 Å². The van der Waals surface area contributed by atoms with Gasteiger partial charge in [0.2, 0.25) is 5.91 Å². The van der Waals surface area contributed by atoms with E-state index in [1.54, 1.807) is 0 Å². The maximum Gasteiger partial charge on any atom is 0.321 e. The van der Waals surface area contributed by atoms with Crippen molar-refractivity contribution in [2.75, 3.05) is 26.2 Å². The maximum atomic E-state index is 11.6. The predicted octanol–water partition coefficient (Wildman–Crippen LogP) is -0.732. The molecule has 0 aromatic carbocycles. The third-order valence-electron chi connectivity index (χ3n) is 3.15. The average molecular weight is 240 g/mol. The van der Waals surface area contributed by atoms with E-state index < -0.39 is 0 Å². The Balaban J connectivity index is 1.69. The molecule has 1 unspecified atom stereocenters. The summed E-state index contributed by atoms with van der Waals surface area (Å²) >= 11 is 0. The van der Waals surface area contributed by atoms with Crippen molar-refractivity contribution >= 4 is 11.9 Å². The monoisotopic (exact) mass is 240 g/mol. The summed E-state index contributed by atoms with van der Waals surface area (Å²) in [6, 6.07) is 0.252. The highest BCUT2D eigenvalue weighted by Crippen LogP contribution is 2.18. The van der Waals surface area contributed by atoms with E-state index in [-0.39, 0.29) is 18.0 Å². The molecule has 1 aliphatic carbocycles. The van der Waals surface area contributed by atoms with Crippen molar-refractivity contribution in [3.05, 3.63) is 0 Å². The van der Waals surface area contributed by atoms with Crippen LogP contribution in [0.5, 0.6) is 0 Å². The van der Waals surface area contributed by atoms with E-state index in [1.807, 2.05) is 0 Å². The lowest BCUT2D eigenvalue weighted by molar-refractivity contribution is -0.121. The molecule has 0 radical (unpaired) electrons. The van der Waals surface area contributed by atoms with Gasteiger partial charge in [-0.15, -0.1) is 0 Å². The fourth-order valence-corrected chi connectivity index (χ4v) is 1.92. The van der Waals surface area contributed by atoms with Gasteiger partial charge < -0.3 is 10.6 Å². The molecule has 1 saturated carbocycles. The number of hydrogen-bond donors (Lipinski definition) is 3. The number of carbonyl (C=O) groups is 2. The number of amides is 3. The van der Waals surface area contributed by atoms with E-state index in [1.165, 1.54) is 0 Å². The molecule has 1 aliphatic heterocycles. The highest BCUT2D eigenvalue weighted by molar-refractivity contribution is 5.95. The minimum atomic E-state index is -0.361. The molecule has 1 heterocycles. The normalized spacial score (nSPS) is 25.4. The van der Waals surface area contributed by atoms with Crippen LogP contribution in [0.3, 0.4) is 0 Å². The number of nitrogens with zero attached hydrogens (tertiary/aromatic N) is 1. The van der Waals surface area contributed by atoms with Gasteiger partial charge in [-0.1, -0.05) is 0 Å². The van der Waals surface area contributed by atoms with Crippen molar-refractivity contribution in [3.63, 3.8) is 0 Å². The van der Waals surface area contributed by atoms with Crippen molar-refractivity contribution in [2.24, 2.45) is 0 Å². The van der Waals surface area contributed by atoms with Gasteiger partial charge >= 0.3 is 6.03 Å². The van der Waals surface area contributed by atoms with Gasteiger partial charge in [-0.2, -0.15) is 0 Å². The molecule has 1 atom stereocenters. The standard InChI is InChI=1S/C11H20N4O2/c1-8-6-12-4-5-15(8)7-10(16)14-11(17)13-9-2-3-9/h8-9,12H,2-7H2,1H3,(H2,13,14,16,17). The first-order valence-electron chi connectivity index (χ1n) is 6.20. The molecule has 2 rings (SSSR count). The Morgan fingerprint density at radius 3 is 2.82 bits per heavy atom. The zero-order chi connectivity index (χ0) is 12.3. The lowest BCUT2D eigenvalue weighted by Gasteiger charge is -2.33. The fourth-order valence-electron chi connectivity index (χ4n) is 1.92. The Bertz CT molecular complexity index is 304. The lowest BCUT2D eigenvalue weighted by Crippen LogP contribution is -2.54. The Labute approximate surface area is 101 Å². The summed E-state index contributed by atoms with van der Waals surface area (Å²) in [6.45, 7) is 5.00. The second kappa shape index (κ2) is 5.46. The Kier molecular flexibility index (Phi) is 3.96. The molecule has 6 heteroatoms. The number of nitrogens with one attached hydrogen (secondary N) is 3. The van der Waals surface area contributed by atoms with E-state index in [2.05, 4.69) is 27.8 Å². The van der Waals surface area contributed by atoms with Crippen molar-refractivity contribution in [2.45, 2.75) is 31.8 Å². The van der Waals surface area contributed by atoms with Crippen molar-refractivity contribution in [1.82, 2.24) is 20.9 Å². The second-order valence-electron chi connectivity index (χ2n) is 4.82. The third kappa shape index (κ3) is 3.98. The maximum absolute atomic E-state index is 11.6. The molecule has 3 N–H and O–H groups in total. The quantitative estimate of drug-likeness (QED) is 0.608. The first-order valence-corrected chi connectivity index (χ1v) is 6.20. The Hall–Kier alpha value is -1.14. The van der Waals surface area contributed by atoms with Crippen LogP contribution in [0.15, 0.2) is 0 Å². The molecular formula is C11H20N4O2. The average Bonchev–Trinajstić information content (AvgIpc) is 3.05. The van der Waals surface area contributed by atoms with Crippen LogP contribution >= 0.6 is 0 Å². The minimum Gasteiger partial charge on any atom is -0.335 e. The highest BCUT2D eigenvalue weighted by Gasteiger charge is 2.25. The van der Waals surface area contributed by atoms with Crippen LogP contribution in [0.2, 0.25) is 0 Å². The zero-order valence-corrected chi connectivity index (χ0v) is 10.2. The molecule has 6 nitrogen and oxygen atoms in total. The van der Waals surface area contributed by atoms with Gasteiger partial charge in [0.25, 0.3) is 0 Å². The van der Waals surface area contributed by atoms with E-state index in [4.69, 9.17) is 0 Å². The molecule has 0 spiro atoms. The SMILES string of the molecule is CC1CNCCN1CC(=O)NC(=O)NC1CC1. The molecule has 0 aromatic rings. The largest absolute Gasteiger partial charge is 0.335 e. The molecule has 0 aromatic heterocycles. The molecule has 0 bridgehead atoms. The summed E-state index contributed by atoms with van der Waals surface area (Å²) in [7, 11) is 0. The first-order chi connectivity index (χ1) is 8.15. The van der Waals surface area contributed by atoms with Gasteiger partial charge in [0.1, 0.15) is 0 Å². The highest BCUT2D eigenvalue weighted by atomic mass is 16.2. The fraction of sp³-hybridized carbons (Fsp3) is 0.818. The van der Waals surface area contributed by atoms with E-state index in [0.29, 0.717) is 12.6 Å². The second-order valence-corrected chi connectivity index (χ2v) is 4.82. The van der Waals surface area contributed by atoms with Crippen molar-refractivity contribution in [3.8, 4) is 0 Å². The van der Waals surface area contributed by atoms with Gasteiger partial charge in [0, 0.05) is 31.7 Å². The van der Waals surface area contributed by atoms with Gasteiger partial charge in [-0.25, -0.2) is 4.79 Å². The summed E-state index contributed by atoms with van der Waals surface area (Å²) in [4.78, 5) is 25.1. The molecular weight excluding hydrogens is 220 g/mol. The molecule has 2 fully saturated rings. The lowest BCUT2D eigenvalue weighted by atomic mass is 10.2. The van der Waals surface area contributed by atoms with E-state index >= 15 is 0 Å².